The number of fused-ring (bicyclic) bond motifs is 1. The molecule has 1 aliphatic heterocycles. The monoisotopic (exact) mass is 514 g/mol. The molecular weight excluding hydrogens is 479 g/mol. The Kier molecular flexibility index (Phi) is 10.2. The van der Waals surface area contributed by atoms with Crippen LogP contribution in [0.1, 0.15) is 30.5 Å². The third-order valence-corrected chi connectivity index (χ3v) is 5.48. The number of aromatic nitrogens is 1. The van der Waals surface area contributed by atoms with Crippen LogP contribution in [0.3, 0.4) is 0 Å². The molecule has 3 rings (SSSR count). The number of guanidine groups is 1. The van der Waals surface area contributed by atoms with Crippen molar-refractivity contribution in [3.63, 3.8) is 0 Å². The van der Waals surface area contributed by atoms with Crippen molar-refractivity contribution in [1.82, 2.24) is 15.2 Å². The Morgan fingerprint density at radius 1 is 1.24 bits per heavy atom. The average molecular weight is 514 g/mol. The fourth-order valence-corrected chi connectivity index (χ4v) is 3.98. The van der Waals surface area contributed by atoms with Gasteiger partial charge in [-0.05, 0) is 44.2 Å². The molecule has 0 bridgehead atoms. The molecule has 0 saturated carbocycles. The largest absolute Gasteiger partial charge is 0.385 e. The van der Waals surface area contributed by atoms with Crippen LogP contribution in [0, 0.1) is 6.92 Å². The van der Waals surface area contributed by atoms with E-state index in [0.717, 1.165) is 64.5 Å². The number of methoxy groups -OCH3 is 1. The molecule has 1 aliphatic rings. The third kappa shape index (κ3) is 6.58. The number of likely N-dealkylation sites (tertiary alicyclic amines) is 1. The molecular formula is C22H35IN4O2. The number of ether oxygens (including phenoxy) is 2. The molecule has 2 heterocycles. The maximum atomic E-state index is 5.96. The minimum atomic E-state index is 0. The predicted molar refractivity (Wildman–Crippen MR) is 131 cm³/mol. The number of H-pyrrole nitrogens is 1. The number of hydrogen-bond acceptors (Lipinski definition) is 3. The van der Waals surface area contributed by atoms with Gasteiger partial charge in [0.2, 0.25) is 0 Å². The Morgan fingerprint density at radius 3 is 2.72 bits per heavy atom. The molecule has 0 radical (unpaired) electrons. The van der Waals surface area contributed by atoms with Crippen LogP contribution in [-0.4, -0.2) is 69.0 Å². The summed E-state index contributed by atoms with van der Waals surface area (Å²) in [6, 6.07) is 8.51. The standard InChI is InChI=1S/C22H34N4O2.HI/c1-17-19(20-7-4-5-8-21(20)25-17)9-12-24-22(23-2)26-13-10-18(11-14-26)28-16-6-15-27-3;/h4-5,7-8,18,25H,6,9-16H2,1-3H3,(H,23,24);1H. The molecule has 0 atom stereocenters. The molecule has 0 unspecified atom stereocenters. The summed E-state index contributed by atoms with van der Waals surface area (Å²) in [6.45, 7) is 6.56. The summed E-state index contributed by atoms with van der Waals surface area (Å²) in [5, 5.41) is 4.87. The van der Waals surface area contributed by atoms with Gasteiger partial charge in [-0.1, -0.05) is 18.2 Å². The molecule has 162 valence electrons. The van der Waals surface area contributed by atoms with Crippen LogP contribution >= 0.6 is 24.0 Å². The third-order valence-electron chi connectivity index (χ3n) is 5.48. The van der Waals surface area contributed by atoms with Gasteiger partial charge >= 0.3 is 0 Å². The Hall–Kier alpha value is -1.32. The van der Waals surface area contributed by atoms with Gasteiger partial charge in [0.15, 0.2) is 5.96 Å². The summed E-state index contributed by atoms with van der Waals surface area (Å²) in [5.41, 5.74) is 3.86. The summed E-state index contributed by atoms with van der Waals surface area (Å²) in [7, 11) is 3.60. The number of benzene rings is 1. The molecule has 29 heavy (non-hydrogen) atoms. The van der Waals surface area contributed by atoms with Gasteiger partial charge < -0.3 is 24.7 Å². The van der Waals surface area contributed by atoms with E-state index < -0.39 is 0 Å². The smallest absolute Gasteiger partial charge is 0.193 e. The molecule has 6 nitrogen and oxygen atoms in total. The van der Waals surface area contributed by atoms with E-state index in [9.17, 15) is 0 Å². The summed E-state index contributed by atoms with van der Waals surface area (Å²) < 4.78 is 11.0. The number of nitrogens with zero attached hydrogens (tertiary/aromatic N) is 2. The van der Waals surface area contributed by atoms with Crippen LogP contribution in [0.4, 0.5) is 0 Å². The molecule has 2 aromatic rings. The number of aryl methyl sites for hydroxylation is 1. The van der Waals surface area contributed by atoms with Gasteiger partial charge in [-0.15, -0.1) is 24.0 Å². The quantitative estimate of drug-likeness (QED) is 0.244. The topological polar surface area (TPSA) is 61.9 Å². The maximum absolute atomic E-state index is 5.96. The van der Waals surface area contributed by atoms with E-state index in [-0.39, 0.29) is 24.0 Å². The number of nitrogens with one attached hydrogen (secondary N) is 2. The highest BCUT2D eigenvalue weighted by atomic mass is 127. The summed E-state index contributed by atoms with van der Waals surface area (Å²) in [6.07, 6.45) is 4.41. The highest BCUT2D eigenvalue weighted by molar-refractivity contribution is 14.0. The van der Waals surface area contributed by atoms with E-state index >= 15 is 0 Å². The van der Waals surface area contributed by atoms with Crippen LogP contribution in [0.2, 0.25) is 0 Å². The molecule has 7 heteroatoms. The zero-order chi connectivity index (χ0) is 19.8. The second-order valence-electron chi connectivity index (χ2n) is 7.40. The van der Waals surface area contributed by atoms with Crippen LogP contribution < -0.4 is 5.32 Å². The molecule has 1 aromatic heterocycles. The van der Waals surface area contributed by atoms with Crippen molar-refractivity contribution in [3.8, 4) is 0 Å². The lowest BCUT2D eigenvalue weighted by Gasteiger charge is -2.34. The first-order valence-corrected chi connectivity index (χ1v) is 10.3. The first-order valence-electron chi connectivity index (χ1n) is 10.3. The van der Waals surface area contributed by atoms with Crippen molar-refractivity contribution in [1.29, 1.82) is 0 Å². The molecule has 1 aromatic carbocycles. The zero-order valence-electron chi connectivity index (χ0n) is 17.9. The Balaban J connectivity index is 0.00000300. The highest BCUT2D eigenvalue weighted by Gasteiger charge is 2.21. The Morgan fingerprint density at radius 2 is 2.00 bits per heavy atom. The van der Waals surface area contributed by atoms with Crippen LogP contribution in [0.15, 0.2) is 29.3 Å². The average Bonchev–Trinajstić information content (AvgIpc) is 3.04. The van der Waals surface area contributed by atoms with E-state index in [2.05, 4.69) is 51.4 Å². The Bertz CT molecular complexity index is 769. The van der Waals surface area contributed by atoms with Gasteiger partial charge in [-0.2, -0.15) is 0 Å². The van der Waals surface area contributed by atoms with Crippen LogP contribution in [0.5, 0.6) is 0 Å². The second-order valence-corrected chi connectivity index (χ2v) is 7.40. The van der Waals surface area contributed by atoms with Crippen molar-refractivity contribution in [2.24, 2.45) is 4.99 Å². The summed E-state index contributed by atoms with van der Waals surface area (Å²) in [4.78, 5) is 10.3. The van der Waals surface area contributed by atoms with Gasteiger partial charge in [-0.3, -0.25) is 4.99 Å². The number of aliphatic imine (C=N–C) groups is 1. The summed E-state index contributed by atoms with van der Waals surface area (Å²) >= 11 is 0. The zero-order valence-corrected chi connectivity index (χ0v) is 20.2. The SMILES string of the molecule is CN=C(NCCc1c(C)[nH]c2ccccc12)N1CCC(OCCCOC)CC1.I. The molecule has 0 aliphatic carbocycles. The lowest BCUT2D eigenvalue weighted by atomic mass is 10.1. The minimum Gasteiger partial charge on any atom is -0.385 e. The van der Waals surface area contributed by atoms with Crippen molar-refractivity contribution in [3.05, 3.63) is 35.5 Å². The van der Waals surface area contributed by atoms with Gasteiger partial charge in [-0.25, -0.2) is 0 Å². The fourth-order valence-electron chi connectivity index (χ4n) is 3.98. The number of hydrogen-bond donors (Lipinski definition) is 2. The molecule has 1 fully saturated rings. The molecule has 1 saturated heterocycles. The van der Waals surface area contributed by atoms with E-state index in [1.54, 1.807) is 7.11 Å². The molecule has 0 spiro atoms. The van der Waals surface area contributed by atoms with Gasteiger partial charge in [0.05, 0.1) is 6.10 Å². The molecule has 0 amide bonds. The number of piperidine rings is 1. The lowest BCUT2D eigenvalue weighted by Crippen LogP contribution is -2.47. The van der Waals surface area contributed by atoms with E-state index in [1.807, 2.05) is 7.05 Å². The normalized spacial score (nSPS) is 15.6. The number of para-hydroxylation sites is 1. The van der Waals surface area contributed by atoms with E-state index in [4.69, 9.17) is 9.47 Å². The van der Waals surface area contributed by atoms with Crippen molar-refractivity contribution in [2.75, 3.05) is 47.0 Å². The van der Waals surface area contributed by atoms with Crippen molar-refractivity contribution < 1.29 is 9.47 Å². The fraction of sp³-hybridized carbons (Fsp3) is 0.591. The Labute approximate surface area is 191 Å². The second kappa shape index (κ2) is 12.4. The lowest BCUT2D eigenvalue weighted by molar-refractivity contribution is 0.00992. The van der Waals surface area contributed by atoms with Crippen molar-refractivity contribution >= 4 is 40.8 Å². The van der Waals surface area contributed by atoms with Crippen LogP contribution in [-0.2, 0) is 15.9 Å². The van der Waals surface area contributed by atoms with E-state index in [1.165, 1.54) is 22.2 Å². The van der Waals surface area contributed by atoms with Gasteiger partial charge in [0.25, 0.3) is 0 Å². The van der Waals surface area contributed by atoms with E-state index in [0.29, 0.717) is 6.10 Å². The first kappa shape index (κ1) is 24.0. The predicted octanol–water partition coefficient (Wildman–Crippen LogP) is 3.73. The van der Waals surface area contributed by atoms with Gasteiger partial charge in [0.1, 0.15) is 0 Å². The minimum absolute atomic E-state index is 0. The number of halogens is 1. The van der Waals surface area contributed by atoms with Gasteiger partial charge in [0, 0.05) is 63.6 Å². The number of aromatic amines is 1. The van der Waals surface area contributed by atoms with Crippen LogP contribution in [0.25, 0.3) is 10.9 Å². The summed E-state index contributed by atoms with van der Waals surface area (Å²) in [5.74, 6) is 0.996. The molecule has 2 N–H and O–H groups in total. The first-order chi connectivity index (χ1) is 13.7. The number of rotatable bonds is 8. The maximum Gasteiger partial charge on any atom is 0.193 e. The van der Waals surface area contributed by atoms with Crippen molar-refractivity contribution in [2.45, 2.75) is 38.7 Å². The highest BCUT2D eigenvalue weighted by Crippen LogP contribution is 2.22.